The molecule has 2 unspecified atom stereocenters. The minimum atomic E-state index is -0.535. The average molecular weight is 241 g/mol. The molecule has 0 bridgehead atoms. The molecule has 1 N–H and O–H groups in total. The first kappa shape index (κ1) is 12.5. The highest BCUT2D eigenvalue weighted by Gasteiger charge is 2.24. The Morgan fingerprint density at radius 2 is 2.06 bits per heavy atom. The van der Waals surface area contributed by atoms with E-state index in [1.807, 2.05) is 0 Å². The van der Waals surface area contributed by atoms with Crippen molar-refractivity contribution in [2.45, 2.75) is 31.9 Å². The molecule has 17 heavy (non-hydrogen) atoms. The van der Waals surface area contributed by atoms with Gasteiger partial charge in [0.1, 0.15) is 17.7 Å². The van der Waals surface area contributed by atoms with Gasteiger partial charge in [0.25, 0.3) is 0 Å². The first-order valence-electron chi connectivity index (χ1n) is 6.01. The van der Waals surface area contributed by atoms with Crippen LogP contribution in [-0.4, -0.2) is 19.2 Å². The summed E-state index contributed by atoms with van der Waals surface area (Å²) >= 11 is 0. The molecule has 0 spiro atoms. The van der Waals surface area contributed by atoms with Crippen molar-refractivity contribution in [1.29, 1.82) is 0 Å². The van der Waals surface area contributed by atoms with Crippen LogP contribution in [0, 0.1) is 11.6 Å². The van der Waals surface area contributed by atoms with E-state index in [4.69, 9.17) is 4.74 Å². The molecule has 1 aromatic carbocycles. The van der Waals surface area contributed by atoms with Crippen molar-refractivity contribution in [2.24, 2.45) is 0 Å². The van der Waals surface area contributed by atoms with E-state index < -0.39 is 17.7 Å². The molecular weight excluding hydrogens is 224 g/mol. The molecule has 2 atom stereocenters. The maximum atomic E-state index is 13.6. The van der Waals surface area contributed by atoms with Gasteiger partial charge in [-0.2, -0.15) is 0 Å². The third-order valence-corrected chi connectivity index (χ3v) is 3.19. The molecule has 1 aliphatic heterocycles. The maximum Gasteiger partial charge on any atom is 0.132 e. The van der Waals surface area contributed by atoms with Crippen molar-refractivity contribution in [2.75, 3.05) is 13.2 Å². The topological polar surface area (TPSA) is 21.3 Å². The van der Waals surface area contributed by atoms with Crippen LogP contribution in [0.5, 0.6) is 0 Å². The second kappa shape index (κ2) is 5.56. The summed E-state index contributed by atoms with van der Waals surface area (Å²) in [4.78, 5) is 0. The molecule has 0 saturated carbocycles. The van der Waals surface area contributed by atoms with Crippen molar-refractivity contribution < 1.29 is 13.5 Å². The molecule has 4 heteroatoms. The molecular formula is C13H17F2NO. The van der Waals surface area contributed by atoms with Crippen molar-refractivity contribution in [3.8, 4) is 0 Å². The third-order valence-electron chi connectivity index (χ3n) is 3.19. The lowest BCUT2D eigenvalue weighted by Crippen LogP contribution is -2.30. The van der Waals surface area contributed by atoms with E-state index in [2.05, 4.69) is 12.2 Å². The summed E-state index contributed by atoms with van der Waals surface area (Å²) in [6.45, 7) is 3.07. The Morgan fingerprint density at radius 3 is 2.71 bits per heavy atom. The van der Waals surface area contributed by atoms with Gasteiger partial charge in [-0.25, -0.2) is 8.78 Å². The molecule has 1 heterocycles. The minimum absolute atomic E-state index is 0.0387. The molecule has 1 aliphatic rings. The molecule has 1 aromatic rings. The predicted octanol–water partition coefficient (Wildman–Crippen LogP) is 2.79. The van der Waals surface area contributed by atoms with E-state index in [9.17, 15) is 8.78 Å². The Hall–Kier alpha value is -1.00. The van der Waals surface area contributed by atoms with Crippen molar-refractivity contribution >= 4 is 0 Å². The first-order valence-corrected chi connectivity index (χ1v) is 6.01. The largest absolute Gasteiger partial charge is 0.372 e. The number of hydrogen-bond acceptors (Lipinski definition) is 2. The number of ether oxygens (including phenoxy) is 1. The number of benzene rings is 1. The highest BCUT2D eigenvalue weighted by Crippen LogP contribution is 2.25. The highest BCUT2D eigenvalue weighted by molar-refractivity contribution is 5.22. The molecule has 94 valence electrons. The van der Waals surface area contributed by atoms with Crippen LogP contribution in [0.1, 0.15) is 31.4 Å². The molecule has 0 radical (unpaired) electrons. The number of halogens is 2. The zero-order valence-corrected chi connectivity index (χ0v) is 9.88. The Morgan fingerprint density at radius 1 is 1.35 bits per heavy atom. The van der Waals surface area contributed by atoms with Gasteiger partial charge in [0.05, 0.1) is 5.56 Å². The molecule has 0 amide bonds. The van der Waals surface area contributed by atoms with Crippen LogP contribution in [-0.2, 0) is 4.74 Å². The minimum Gasteiger partial charge on any atom is -0.372 e. The van der Waals surface area contributed by atoms with Gasteiger partial charge in [-0.3, -0.25) is 0 Å². The normalized spacial score (nSPS) is 25.6. The van der Waals surface area contributed by atoms with Crippen LogP contribution in [0.4, 0.5) is 8.78 Å². The Labute approximate surface area is 100.0 Å². The first-order chi connectivity index (χ1) is 8.22. The lowest BCUT2D eigenvalue weighted by atomic mass is 10.1. The number of hydrogen-bond donors (Lipinski definition) is 1. The van der Waals surface area contributed by atoms with Gasteiger partial charge in [0.15, 0.2) is 0 Å². The lowest BCUT2D eigenvalue weighted by Gasteiger charge is -2.17. The summed E-state index contributed by atoms with van der Waals surface area (Å²) in [7, 11) is 0. The van der Waals surface area contributed by atoms with Crippen LogP contribution in [0.3, 0.4) is 0 Å². The fourth-order valence-corrected chi connectivity index (χ4v) is 2.14. The smallest absolute Gasteiger partial charge is 0.132 e. The van der Waals surface area contributed by atoms with Gasteiger partial charge in [-0.05, 0) is 25.0 Å². The highest BCUT2D eigenvalue weighted by atomic mass is 19.1. The van der Waals surface area contributed by atoms with Crippen LogP contribution in [0.2, 0.25) is 0 Å². The van der Waals surface area contributed by atoms with Gasteiger partial charge in [-0.1, -0.05) is 13.0 Å². The molecule has 2 rings (SSSR count). The van der Waals surface area contributed by atoms with Crippen molar-refractivity contribution in [3.63, 3.8) is 0 Å². The monoisotopic (exact) mass is 241 g/mol. The second-order valence-corrected chi connectivity index (χ2v) is 4.30. The predicted molar refractivity (Wildman–Crippen MR) is 61.7 cm³/mol. The van der Waals surface area contributed by atoms with Crippen molar-refractivity contribution in [1.82, 2.24) is 5.32 Å². The summed E-state index contributed by atoms with van der Waals surface area (Å²) in [6.07, 6.45) is 1.34. The Bertz CT molecular complexity index is 363. The van der Waals surface area contributed by atoms with Gasteiger partial charge >= 0.3 is 0 Å². The lowest BCUT2D eigenvalue weighted by molar-refractivity contribution is 0.0611. The fourth-order valence-electron chi connectivity index (χ4n) is 2.14. The summed E-state index contributed by atoms with van der Waals surface area (Å²) in [6, 6.07) is 4.27. The van der Waals surface area contributed by atoms with Crippen molar-refractivity contribution in [3.05, 3.63) is 35.4 Å². The quantitative estimate of drug-likeness (QED) is 0.859. The third kappa shape index (κ3) is 2.82. The van der Waals surface area contributed by atoms with E-state index in [0.717, 1.165) is 12.8 Å². The zero-order chi connectivity index (χ0) is 12.3. The van der Waals surface area contributed by atoms with Gasteiger partial charge in [-0.15, -0.1) is 0 Å². The van der Waals surface area contributed by atoms with E-state index in [-0.39, 0.29) is 5.56 Å². The van der Waals surface area contributed by atoms with Crippen LogP contribution in [0.25, 0.3) is 0 Å². The van der Waals surface area contributed by atoms with E-state index in [1.54, 1.807) is 0 Å². The summed E-state index contributed by atoms with van der Waals surface area (Å²) < 4.78 is 32.7. The number of rotatable bonds is 2. The second-order valence-electron chi connectivity index (χ2n) is 4.30. The standard InChI is InChI=1S/C13H17F2NO/c1-2-9-6-7-17-12(8-16-9)13-10(14)4-3-5-11(13)15/h3-5,9,12,16H,2,6-8H2,1H3. The van der Waals surface area contributed by atoms with Gasteiger partial charge in [0, 0.05) is 19.2 Å². The molecule has 2 nitrogen and oxygen atoms in total. The maximum absolute atomic E-state index is 13.6. The summed E-state index contributed by atoms with van der Waals surface area (Å²) in [5, 5.41) is 3.28. The van der Waals surface area contributed by atoms with Gasteiger partial charge < -0.3 is 10.1 Å². The van der Waals surface area contributed by atoms with Gasteiger partial charge in [0.2, 0.25) is 0 Å². The number of nitrogens with one attached hydrogen (secondary N) is 1. The zero-order valence-electron chi connectivity index (χ0n) is 9.88. The Kier molecular flexibility index (Phi) is 4.07. The molecule has 1 fully saturated rings. The van der Waals surface area contributed by atoms with E-state index in [0.29, 0.717) is 19.2 Å². The van der Waals surface area contributed by atoms with E-state index >= 15 is 0 Å². The molecule has 0 aromatic heterocycles. The molecule has 0 aliphatic carbocycles. The van der Waals surface area contributed by atoms with Crippen LogP contribution >= 0.6 is 0 Å². The summed E-state index contributed by atoms with van der Waals surface area (Å²) in [5.74, 6) is -1.07. The van der Waals surface area contributed by atoms with E-state index in [1.165, 1.54) is 18.2 Å². The average Bonchev–Trinajstić information content (AvgIpc) is 2.54. The Balaban J connectivity index is 2.17. The van der Waals surface area contributed by atoms with Crippen LogP contribution < -0.4 is 5.32 Å². The summed E-state index contributed by atoms with van der Waals surface area (Å²) in [5.41, 5.74) is 0.0387. The SMILES string of the molecule is CCC1CCOC(c2c(F)cccc2F)CN1. The fraction of sp³-hybridized carbons (Fsp3) is 0.538. The molecule has 1 saturated heterocycles. The van der Waals surface area contributed by atoms with Crippen LogP contribution in [0.15, 0.2) is 18.2 Å².